The molecule has 0 radical (unpaired) electrons. The highest BCUT2D eigenvalue weighted by Gasteiger charge is 2.24. The molecule has 0 atom stereocenters. The van der Waals surface area contributed by atoms with Crippen LogP contribution in [0.3, 0.4) is 0 Å². The average Bonchev–Trinajstić information content (AvgIpc) is 3.26. The van der Waals surface area contributed by atoms with Crippen molar-refractivity contribution in [2.45, 2.75) is 6.92 Å². The second kappa shape index (κ2) is 7.99. The summed E-state index contributed by atoms with van der Waals surface area (Å²) in [7, 11) is 0. The van der Waals surface area contributed by atoms with Crippen molar-refractivity contribution in [2.75, 3.05) is 0 Å². The Labute approximate surface area is 179 Å². The number of aliphatic imine (C=N–C) groups is 1. The van der Waals surface area contributed by atoms with E-state index in [9.17, 15) is 4.79 Å². The fourth-order valence-corrected chi connectivity index (χ4v) is 3.87. The summed E-state index contributed by atoms with van der Waals surface area (Å²) in [5, 5.41) is 3.90. The number of carbonyl (C=O) groups is 1. The summed E-state index contributed by atoms with van der Waals surface area (Å²) in [6, 6.07) is 17.1. The summed E-state index contributed by atoms with van der Waals surface area (Å²) in [6.07, 6.45) is 1.72. The second-order valence-electron chi connectivity index (χ2n) is 6.12. The van der Waals surface area contributed by atoms with Crippen LogP contribution in [0.25, 0.3) is 17.4 Å². The lowest BCUT2D eigenvalue weighted by Gasteiger charge is -2.01. The molecule has 1 N–H and O–H groups in total. The highest BCUT2D eigenvalue weighted by atomic mass is 79.9. The molecule has 140 valence electrons. The van der Waals surface area contributed by atoms with Crippen LogP contribution in [0.1, 0.15) is 11.3 Å². The van der Waals surface area contributed by atoms with Crippen molar-refractivity contribution in [2.24, 2.45) is 4.99 Å². The molecular weight excluding hydrogens is 460 g/mol. The van der Waals surface area contributed by atoms with Crippen LogP contribution in [0.4, 0.5) is 5.69 Å². The molecular formula is C21H14BrClN2O2S. The lowest BCUT2D eigenvalue weighted by molar-refractivity contribution is -0.115. The normalized spacial score (nSPS) is 16.8. The Kier molecular flexibility index (Phi) is 5.44. The van der Waals surface area contributed by atoms with E-state index in [-0.39, 0.29) is 5.91 Å². The Balaban J connectivity index is 1.56. The van der Waals surface area contributed by atoms with Gasteiger partial charge in [0, 0.05) is 21.1 Å². The zero-order valence-corrected chi connectivity index (χ0v) is 17.9. The van der Waals surface area contributed by atoms with Gasteiger partial charge in [-0.25, -0.2) is 4.99 Å². The molecule has 0 bridgehead atoms. The summed E-state index contributed by atoms with van der Waals surface area (Å²) in [4.78, 5) is 17.3. The largest absolute Gasteiger partial charge is 0.457 e. The van der Waals surface area contributed by atoms with Crippen molar-refractivity contribution in [3.05, 3.63) is 80.3 Å². The topological polar surface area (TPSA) is 54.6 Å². The van der Waals surface area contributed by atoms with Gasteiger partial charge in [0.15, 0.2) is 5.17 Å². The van der Waals surface area contributed by atoms with Crippen molar-refractivity contribution in [1.29, 1.82) is 0 Å². The Hall–Kier alpha value is -2.28. The molecule has 0 spiro atoms. The van der Waals surface area contributed by atoms with Gasteiger partial charge in [-0.3, -0.25) is 4.79 Å². The number of amidine groups is 1. The number of thioether (sulfide) groups is 1. The summed E-state index contributed by atoms with van der Waals surface area (Å²) >= 11 is 10.7. The molecule has 1 aliphatic heterocycles. The molecule has 0 aliphatic carbocycles. The lowest BCUT2D eigenvalue weighted by Crippen LogP contribution is -2.19. The Morgan fingerprint density at radius 1 is 1.14 bits per heavy atom. The van der Waals surface area contributed by atoms with Gasteiger partial charge in [0.1, 0.15) is 11.5 Å². The first-order valence-electron chi connectivity index (χ1n) is 8.39. The van der Waals surface area contributed by atoms with E-state index in [1.54, 1.807) is 12.1 Å². The van der Waals surface area contributed by atoms with Crippen LogP contribution >= 0.6 is 39.3 Å². The van der Waals surface area contributed by atoms with Crippen molar-refractivity contribution in [3.8, 4) is 11.3 Å². The number of hydrogen-bond donors (Lipinski definition) is 1. The zero-order chi connectivity index (χ0) is 19.7. The molecule has 7 heteroatoms. The molecule has 2 heterocycles. The maximum Gasteiger partial charge on any atom is 0.264 e. The van der Waals surface area contributed by atoms with Crippen molar-refractivity contribution >= 4 is 62.1 Å². The van der Waals surface area contributed by atoms with Gasteiger partial charge in [0.25, 0.3) is 5.91 Å². The fraction of sp³-hybridized carbons (Fsp3) is 0.0476. The van der Waals surface area contributed by atoms with Crippen molar-refractivity contribution in [1.82, 2.24) is 5.32 Å². The molecule has 0 saturated carbocycles. The van der Waals surface area contributed by atoms with Gasteiger partial charge in [-0.15, -0.1) is 0 Å². The summed E-state index contributed by atoms with van der Waals surface area (Å²) in [5.41, 5.74) is 2.68. The number of halogens is 2. The molecule has 1 aliphatic rings. The number of amides is 1. The third-order valence-corrected chi connectivity index (χ3v) is 5.75. The predicted molar refractivity (Wildman–Crippen MR) is 119 cm³/mol. The third-order valence-electron chi connectivity index (χ3n) is 4.07. The monoisotopic (exact) mass is 472 g/mol. The van der Waals surface area contributed by atoms with Gasteiger partial charge in [0.2, 0.25) is 0 Å². The third kappa shape index (κ3) is 4.24. The van der Waals surface area contributed by atoms with Gasteiger partial charge in [-0.05, 0) is 60.6 Å². The van der Waals surface area contributed by atoms with E-state index in [0.717, 1.165) is 27.0 Å². The number of nitrogens with zero attached hydrogens (tertiary/aromatic N) is 1. The van der Waals surface area contributed by atoms with E-state index < -0.39 is 0 Å². The van der Waals surface area contributed by atoms with Gasteiger partial charge in [0.05, 0.1) is 10.6 Å². The van der Waals surface area contributed by atoms with E-state index in [2.05, 4.69) is 26.2 Å². The van der Waals surface area contributed by atoms with Gasteiger partial charge in [-0.1, -0.05) is 45.7 Å². The first-order chi connectivity index (χ1) is 13.5. The maximum absolute atomic E-state index is 12.3. The number of rotatable bonds is 3. The van der Waals surface area contributed by atoms with E-state index >= 15 is 0 Å². The van der Waals surface area contributed by atoms with Crippen LogP contribution in [0.2, 0.25) is 5.02 Å². The maximum atomic E-state index is 12.3. The zero-order valence-electron chi connectivity index (χ0n) is 14.7. The summed E-state index contributed by atoms with van der Waals surface area (Å²) in [5.74, 6) is 1.15. The minimum Gasteiger partial charge on any atom is -0.457 e. The van der Waals surface area contributed by atoms with Crippen LogP contribution in [-0.4, -0.2) is 11.1 Å². The summed E-state index contributed by atoms with van der Waals surface area (Å²) < 4.78 is 6.87. The molecule has 2 aromatic carbocycles. The molecule has 4 nitrogen and oxygen atoms in total. The first kappa shape index (κ1) is 19.1. The van der Waals surface area contributed by atoms with Crippen LogP contribution in [0.5, 0.6) is 0 Å². The van der Waals surface area contributed by atoms with E-state index in [0.29, 0.717) is 20.9 Å². The Morgan fingerprint density at radius 3 is 2.71 bits per heavy atom. The molecule has 28 heavy (non-hydrogen) atoms. The van der Waals surface area contributed by atoms with Gasteiger partial charge < -0.3 is 9.73 Å². The quantitative estimate of drug-likeness (QED) is 0.438. The smallest absolute Gasteiger partial charge is 0.264 e. The number of carbonyl (C=O) groups excluding carboxylic acids is 1. The minimum atomic E-state index is -0.204. The van der Waals surface area contributed by atoms with E-state index in [4.69, 9.17) is 16.0 Å². The van der Waals surface area contributed by atoms with Crippen LogP contribution in [0, 0.1) is 6.92 Å². The number of furan rings is 1. The van der Waals surface area contributed by atoms with Crippen molar-refractivity contribution < 1.29 is 9.21 Å². The van der Waals surface area contributed by atoms with Gasteiger partial charge in [-0.2, -0.15) is 0 Å². The van der Waals surface area contributed by atoms with Crippen LogP contribution < -0.4 is 5.32 Å². The molecule has 1 fully saturated rings. The molecule has 4 rings (SSSR count). The molecule has 1 amide bonds. The van der Waals surface area contributed by atoms with E-state index in [1.807, 2.05) is 55.5 Å². The standard InChI is InChI=1S/C21H14BrClN2O2S/c1-12-2-7-15(23)10-17(12)24-21-25-20(26)19(28-21)11-16-8-9-18(27-16)13-3-5-14(22)6-4-13/h2-11H,1H3,(H,24,25,26)/b19-11-. The number of nitrogens with one attached hydrogen (secondary N) is 1. The highest BCUT2D eigenvalue weighted by molar-refractivity contribution is 9.10. The molecule has 0 unspecified atom stereocenters. The molecule has 1 saturated heterocycles. The number of aryl methyl sites for hydroxylation is 1. The first-order valence-corrected chi connectivity index (χ1v) is 10.4. The molecule has 3 aromatic rings. The number of hydrogen-bond acceptors (Lipinski definition) is 4. The van der Waals surface area contributed by atoms with Crippen LogP contribution in [0.15, 0.2) is 73.4 Å². The SMILES string of the molecule is Cc1ccc(Cl)cc1N=C1NC(=O)/C(=C/c2ccc(-c3ccc(Br)cc3)o2)S1. The minimum absolute atomic E-state index is 0.204. The fourth-order valence-electron chi connectivity index (χ4n) is 2.62. The van der Waals surface area contributed by atoms with Gasteiger partial charge >= 0.3 is 0 Å². The highest BCUT2D eigenvalue weighted by Crippen LogP contribution is 2.31. The van der Waals surface area contributed by atoms with Crippen molar-refractivity contribution in [3.63, 3.8) is 0 Å². The Morgan fingerprint density at radius 2 is 1.93 bits per heavy atom. The number of benzene rings is 2. The van der Waals surface area contributed by atoms with E-state index in [1.165, 1.54) is 11.8 Å². The summed E-state index contributed by atoms with van der Waals surface area (Å²) in [6.45, 7) is 1.94. The Bertz CT molecular complexity index is 1120. The second-order valence-corrected chi connectivity index (χ2v) is 8.50. The lowest BCUT2D eigenvalue weighted by atomic mass is 10.2. The average molecular weight is 474 g/mol. The van der Waals surface area contributed by atoms with Crippen LogP contribution in [-0.2, 0) is 4.79 Å². The molecule has 1 aromatic heterocycles. The predicted octanol–water partition coefficient (Wildman–Crippen LogP) is 6.56.